The van der Waals surface area contributed by atoms with Gasteiger partial charge in [0, 0.05) is 29.6 Å². The number of aromatic nitrogens is 4. The number of aryl methyl sites for hydroxylation is 2. The highest BCUT2D eigenvalue weighted by atomic mass is 16.5. The summed E-state index contributed by atoms with van der Waals surface area (Å²) in [5.41, 5.74) is 5.06. The molecule has 0 saturated carbocycles. The first-order valence-corrected chi connectivity index (χ1v) is 6.97. The van der Waals surface area contributed by atoms with Crippen LogP contribution in [0.1, 0.15) is 35.6 Å². The molecule has 3 rings (SSSR count). The molecule has 0 spiro atoms. The quantitative estimate of drug-likeness (QED) is 0.737. The lowest BCUT2D eigenvalue weighted by molar-refractivity contribution is 0.241. The van der Waals surface area contributed by atoms with Gasteiger partial charge in [-0.15, -0.1) is 0 Å². The first-order chi connectivity index (χ1) is 10.1. The molecule has 0 aromatic carbocycles. The molecular formula is C15H19N5O. The number of rotatable bonds is 4. The lowest BCUT2D eigenvalue weighted by Crippen LogP contribution is -2.22. The summed E-state index contributed by atoms with van der Waals surface area (Å²) in [5.74, 6) is 0. The van der Waals surface area contributed by atoms with Crippen molar-refractivity contribution in [2.24, 2.45) is 0 Å². The Bertz CT molecular complexity index is 747. The molecule has 3 heterocycles. The van der Waals surface area contributed by atoms with E-state index in [0.717, 1.165) is 34.8 Å². The Kier molecular flexibility index (Phi) is 3.47. The van der Waals surface area contributed by atoms with E-state index in [1.807, 2.05) is 36.7 Å². The maximum absolute atomic E-state index is 4.92. The maximum Gasteiger partial charge on any atom is 0.159 e. The van der Waals surface area contributed by atoms with E-state index in [4.69, 9.17) is 4.52 Å². The van der Waals surface area contributed by atoms with Crippen LogP contribution in [0.25, 0.3) is 5.65 Å². The molecule has 0 fully saturated rings. The van der Waals surface area contributed by atoms with Crippen LogP contribution in [0.2, 0.25) is 0 Å². The molecule has 0 radical (unpaired) electrons. The van der Waals surface area contributed by atoms with E-state index in [0.29, 0.717) is 0 Å². The smallest absolute Gasteiger partial charge is 0.159 e. The molecule has 3 aromatic heterocycles. The molecule has 0 unspecified atom stereocenters. The predicted octanol–water partition coefficient (Wildman–Crippen LogP) is 2.53. The molecule has 21 heavy (non-hydrogen) atoms. The third-order valence-corrected chi connectivity index (χ3v) is 3.82. The number of fused-ring (bicyclic) bond motifs is 1. The summed E-state index contributed by atoms with van der Waals surface area (Å²) >= 11 is 0. The SMILES string of the molecule is Cc1cc(C)n2ncc(CN(C)[C@@H](C)c3ccon3)c2n1. The van der Waals surface area contributed by atoms with E-state index in [-0.39, 0.29) is 6.04 Å². The van der Waals surface area contributed by atoms with E-state index in [9.17, 15) is 0 Å². The van der Waals surface area contributed by atoms with Gasteiger partial charge in [-0.25, -0.2) is 9.50 Å². The lowest BCUT2D eigenvalue weighted by Gasteiger charge is -2.22. The van der Waals surface area contributed by atoms with Crippen LogP contribution in [0.5, 0.6) is 0 Å². The summed E-state index contributed by atoms with van der Waals surface area (Å²) < 4.78 is 6.80. The van der Waals surface area contributed by atoms with Crippen LogP contribution in [0.4, 0.5) is 0 Å². The molecule has 0 aliphatic heterocycles. The molecule has 0 aliphatic carbocycles. The second-order valence-electron chi connectivity index (χ2n) is 5.46. The van der Waals surface area contributed by atoms with Crippen molar-refractivity contribution in [3.63, 3.8) is 0 Å². The van der Waals surface area contributed by atoms with Crippen molar-refractivity contribution < 1.29 is 4.52 Å². The van der Waals surface area contributed by atoms with Crippen molar-refractivity contribution in [3.05, 3.63) is 47.2 Å². The minimum absolute atomic E-state index is 0.171. The van der Waals surface area contributed by atoms with Gasteiger partial charge in [0.25, 0.3) is 0 Å². The summed E-state index contributed by atoms with van der Waals surface area (Å²) in [6.45, 7) is 6.91. The molecular weight excluding hydrogens is 266 g/mol. The van der Waals surface area contributed by atoms with E-state index in [1.165, 1.54) is 0 Å². The lowest BCUT2D eigenvalue weighted by atomic mass is 10.2. The van der Waals surface area contributed by atoms with Crippen molar-refractivity contribution in [1.82, 2.24) is 24.7 Å². The molecule has 3 aromatic rings. The monoisotopic (exact) mass is 285 g/mol. The van der Waals surface area contributed by atoms with E-state index in [1.54, 1.807) is 6.26 Å². The highest BCUT2D eigenvalue weighted by Crippen LogP contribution is 2.21. The Morgan fingerprint density at radius 1 is 1.38 bits per heavy atom. The molecule has 0 N–H and O–H groups in total. The molecule has 0 amide bonds. The van der Waals surface area contributed by atoms with Crippen LogP contribution < -0.4 is 0 Å². The zero-order chi connectivity index (χ0) is 15.0. The van der Waals surface area contributed by atoms with Gasteiger partial charge >= 0.3 is 0 Å². The largest absolute Gasteiger partial charge is 0.364 e. The van der Waals surface area contributed by atoms with Gasteiger partial charge in [0.2, 0.25) is 0 Å². The Morgan fingerprint density at radius 2 is 2.19 bits per heavy atom. The van der Waals surface area contributed by atoms with Gasteiger partial charge in [-0.1, -0.05) is 5.16 Å². The van der Waals surface area contributed by atoms with Gasteiger partial charge in [-0.3, -0.25) is 4.90 Å². The molecule has 0 saturated heterocycles. The van der Waals surface area contributed by atoms with Crippen molar-refractivity contribution in [1.29, 1.82) is 0 Å². The first-order valence-electron chi connectivity index (χ1n) is 6.97. The first kappa shape index (κ1) is 13.8. The van der Waals surface area contributed by atoms with Crippen molar-refractivity contribution in [2.45, 2.75) is 33.4 Å². The fourth-order valence-electron chi connectivity index (χ4n) is 2.50. The van der Waals surface area contributed by atoms with Gasteiger partial charge in [0.05, 0.1) is 12.2 Å². The maximum atomic E-state index is 4.92. The van der Waals surface area contributed by atoms with Gasteiger partial charge in [-0.2, -0.15) is 5.10 Å². The van der Waals surface area contributed by atoms with Crippen molar-refractivity contribution >= 4 is 5.65 Å². The van der Waals surface area contributed by atoms with Gasteiger partial charge < -0.3 is 4.52 Å². The molecule has 6 nitrogen and oxygen atoms in total. The van der Waals surface area contributed by atoms with Crippen molar-refractivity contribution in [2.75, 3.05) is 7.05 Å². The summed E-state index contributed by atoms with van der Waals surface area (Å²) in [4.78, 5) is 6.81. The average molecular weight is 285 g/mol. The molecule has 110 valence electrons. The zero-order valence-corrected chi connectivity index (χ0v) is 12.7. The second-order valence-corrected chi connectivity index (χ2v) is 5.46. The second kappa shape index (κ2) is 5.29. The minimum atomic E-state index is 0.171. The topological polar surface area (TPSA) is 59.5 Å². The van der Waals surface area contributed by atoms with Gasteiger partial charge in [0.1, 0.15) is 12.0 Å². The Hall–Kier alpha value is -2.21. The summed E-state index contributed by atoms with van der Waals surface area (Å²) in [7, 11) is 2.06. The van der Waals surface area contributed by atoms with E-state index < -0.39 is 0 Å². The van der Waals surface area contributed by atoms with Crippen LogP contribution in [-0.2, 0) is 6.54 Å². The van der Waals surface area contributed by atoms with Crippen molar-refractivity contribution in [3.8, 4) is 0 Å². The summed E-state index contributed by atoms with van der Waals surface area (Å²) in [6, 6.07) is 4.10. The van der Waals surface area contributed by atoms with Crippen LogP contribution in [0.15, 0.2) is 29.1 Å². The fourth-order valence-corrected chi connectivity index (χ4v) is 2.50. The molecule has 1 atom stereocenters. The highest BCUT2D eigenvalue weighted by molar-refractivity contribution is 5.47. The third-order valence-electron chi connectivity index (χ3n) is 3.82. The van der Waals surface area contributed by atoms with E-state index >= 15 is 0 Å². The Balaban J connectivity index is 1.88. The number of hydrogen-bond acceptors (Lipinski definition) is 5. The Morgan fingerprint density at radius 3 is 2.90 bits per heavy atom. The number of nitrogens with zero attached hydrogens (tertiary/aromatic N) is 5. The predicted molar refractivity (Wildman–Crippen MR) is 78.8 cm³/mol. The van der Waals surface area contributed by atoms with Crippen LogP contribution >= 0.6 is 0 Å². The minimum Gasteiger partial charge on any atom is -0.364 e. The summed E-state index contributed by atoms with van der Waals surface area (Å²) in [6.07, 6.45) is 3.49. The fraction of sp³-hybridized carbons (Fsp3) is 0.400. The molecule has 0 bridgehead atoms. The van der Waals surface area contributed by atoms with Gasteiger partial charge in [-0.05, 0) is 33.9 Å². The average Bonchev–Trinajstić information content (AvgIpc) is 3.08. The van der Waals surface area contributed by atoms with Crippen LogP contribution in [0, 0.1) is 13.8 Å². The molecule has 6 heteroatoms. The highest BCUT2D eigenvalue weighted by Gasteiger charge is 2.17. The van der Waals surface area contributed by atoms with E-state index in [2.05, 4.69) is 34.1 Å². The number of hydrogen-bond donors (Lipinski definition) is 0. The standard InChI is InChI=1S/C15H19N5O/c1-10-7-11(2)20-15(17-10)13(8-16-20)9-19(4)12(3)14-5-6-21-18-14/h5-8,12H,9H2,1-4H3/t12-/m0/s1. The third kappa shape index (κ3) is 2.54. The Labute approximate surface area is 123 Å². The van der Waals surface area contributed by atoms with Crippen LogP contribution in [-0.4, -0.2) is 31.7 Å². The van der Waals surface area contributed by atoms with Gasteiger partial charge in [0.15, 0.2) is 5.65 Å². The normalized spacial score (nSPS) is 13.2. The summed E-state index contributed by atoms with van der Waals surface area (Å²) in [5, 5.41) is 8.43. The zero-order valence-electron chi connectivity index (χ0n) is 12.7. The van der Waals surface area contributed by atoms with Crippen LogP contribution in [0.3, 0.4) is 0 Å². The molecule has 0 aliphatic rings.